The van der Waals surface area contributed by atoms with Crippen LogP contribution in [0.3, 0.4) is 0 Å². The molecule has 0 aliphatic heterocycles. The van der Waals surface area contributed by atoms with E-state index in [1.165, 1.54) is 25.3 Å². The summed E-state index contributed by atoms with van der Waals surface area (Å²) in [7, 11) is 1.41. The number of benzene rings is 1. The van der Waals surface area contributed by atoms with Gasteiger partial charge in [0.1, 0.15) is 5.75 Å². The van der Waals surface area contributed by atoms with Gasteiger partial charge in [0, 0.05) is 6.07 Å². The summed E-state index contributed by atoms with van der Waals surface area (Å²) in [5.41, 5.74) is 0. The Balaban J connectivity index is 2.84. The monoisotopic (exact) mass is 226 g/mol. The highest BCUT2D eigenvalue weighted by atomic mass is 16.5. The van der Waals surface area contributed by atoms with Crippen LogP contribution in [0, 0.1) is 0 Å². The number of ether oxygens (including phenoxy) is 2. The van der Waals surface area contributed by atoms with Gasteiger partial charge in [-0.2, -0.15) is 0 Å². The number of hydrogen-bond donors (Lipinski definition) is 2. The van der Waals surface area contributed by atoms with Crippen molar-refractivity contribution in [3.05, 3.63) is 18.2 Å². The quantitative estimate of drug-likeness (QED) is 0.798. The standard InChI is InChI=1S/C11H14O5/c1-3-9(11(13)14)16-7-4-5-8(12)10(6-7)15-2/h4-6,9,12H,3H2,1-2H3,(H,13,14). The van der Waals surface area contributed by atoms with Crippen LogP contribution in [0.2, 0.25) is 0 Å². The number of rotatable bonds is 5. The van der Waals surface area contributed by atoms with Crippen molar-refractivity contribution in [1.82, 2.24) is 0 Å². The Morgan fingerprint density at radius 3 is 2.69 bits per heavy atom. The topological polar surface area (TPSA) is 76.0 Å². The van der Waals surface area contributed by atoms with Gasteiger partial charge in [0.15, 0.2) is 17.6 Å². The summed E-state index contributed by atoms with van der Waals surface area (Å²) in [6, 6.07) is 4.33. The van der Waals surface area contributed by atoms with Crippen LogP contribution < -0.4 is 9.47 Å². The van der Waals surface area contributed by atoms with E-state index < -0.39 is 12.1 Å². The fourth-order valence-corrected chi connectivity index (χ4v) is 1.20. The van der Waals surface area contributed by atoms with Crippen molar-refractivity contribution in [1.29, 1.82) is 0 Å². The Labute approximate surface area is 93.2 Å². The average molecular weight is 226 g/mol. The first-order chi connectivity index (χ1) is 7.58. The zero-order chi connectivity index (χ0) is 12.1. The number of methoxy groups -OCH3 is 1. The van der Waals surface area contributed by atoms with Gasteiger partial charge in [-0.3, -0.25) is 0 Å². The Kier molecular flexibility index (Phi) is 3.99. The van der Waals surface area contributed by atoms with Gasteiger partial charge in [-0.05, 0) is 18.6 Å². The van der Waals surface area contributed by atoms with E-state index in [0.29, 0.717) is 12.2 Å². The maximum Gasteiger partial charge on any atom is 0.344 e. The molecule has 0 amide bonds. The van der Waals surface area contributed by atoms with Gasteiger partial charge in [0.25, 0.3) is 0 Å². The fourth-order valence-electron chi connectivity index (χ4n) is 1.20. The number of aliphatic carboxylic acids is 1. The molecule has 5 heteroatoms. The minimum absolute atomic E-state index is 0.0155. The van der Waals surface area contributed by atoms with Gasteiger partial charge in [-0.1, -0.05) is 6.92 Å². The Bertz CT molecular complexity index is 375. The van der Waals surface area contributed by atoms with Crippen LogP contribution in [0.5, 0.6) is 17.2 Å². The van der Waals surface area contributed by atoms with Crippen molar-refractivity contribution < 1.29 is 24.5 Å². The molecule has 1 atom stereocenters. The van der Waals surface area contributed by atoms with Gasteiger partial charge in [-0.25, -0.2) is 4.79 Å². The first-order valence-electron chi connectivity index (χ1n) is 4.85. The molecule has 0 heterocycles. The van der Waals surface area contributed by atoms with E-state index >= 15 is 0 Å². The van der Waals surface area contributed by atoms with Crippen molar-refractivity contribution in [3.8, 4) is 17.2 Å². The lowest BCUT2D eigenvalue weighted by Crippen LogP contribution is -2.25. The van der Waals surface area contributed by atoms with Crippen LogP contribution in [0.4, 0.5) is 0 Å². The molecule has 0 saturated carbocycles. The summed E-state index contributed by atoms with van der Waals surface area (Å²) in [5, 5.41) is 18.1. The summed E-state index contributed by atoms with van der Waals surface area (Å²) in [4.78, 5) is 10.8. The molecule has 0 aromatic heterocycles. The second kappa shape index (κ2) is 5.25. The highest BCUT2D eigenvalue weighted by Gasteiger charge is 2.17. The predicted octanol–water partition coefficient (Wildman–Crippen LogP) is 1.64. The van der Waals surface area contributed by atoms with E-state index in [4.69, 9.17) is 14.6 Å². The highest BCUT2D eigenvalue weighted by Crippen LogP contribution is 2.30. The molecule has 88 valence electrons. The van der Waals surface area contributed by atoms with E-state index in [1.807, 2.05) is 0 Å². The number of aromatic hydroxyl groups is 1. The van der Waals surface area contributed by atoms with Crippen molar-refractivity contribution in [2.75, 3.05) is 7.11 Å². The van der Waals surface area contributed by atoms with Gasteiger partial charge in [0.2, 0.25) is 0 Å². The molecule has 5 nitrogen and oxygen atoms in total. The summed E-state index contributed by atoms with van der Waals surface area (Å²) < 4.78 is 10.1. The van der Waals surface area contributed by atoms with E-state index in [1.54, 1.807) is 6.92 Å². The number of hydrogen-bond acceptors (Lipinski definition) is 4. The summed E-state index contributed by atoms with van der Waals surface area (Å²) in [5.74, 6) is -0.436. The molecule has 16 heavy (non-hydrogen) atoms. The third-order valence-electron chi connectivity index (χ3n) is 2.08. The first kappa shape index (κ1) is 12.2. The van der Waals surface area contributed by atoms with Crippen LogP contribution >= 0.6 is 0 Å². The number of phenols is 1. The predicted molar refractivity (Wildman–Crippen MR) is 57.0 cm³/mol. The van der Waals surface area contributed by atoms with Gasteiger partial charge < -0.3 is 19.7 Å². The third-order valence-corrected chi connectivity index (χ3v) is 2.08. The molecule has 1 aromatic rings. The van der Waals surface area contributed by atoms with E-state index in [-0.39, 0.29) is 11.5 Å². The lowest BCUT2D eigenvalue weighted by Gasteiger charge is -2.14. The SMILES string of the molecule is CCC(Oc1ccc(O)c(OC)c1)C(=O)O. The zero-order valence-corrected chi connectivity index (χ0v) is 9.14. The molecule has 0 fully saturated rings. The van der Waals surface area contributed by atoms with E-state index in [9.17, 15) is 9.90 Å². The highest BCUT2D eigenvalue weighted by molar-refractivity contribution is 5.72. The van der Waals surface area contributed by atoms with Crippen LogP contribution in [0.15, 0.2) is 18.2 Å². The molecular formula is C11H14O5. The van der Waals surface area contributed by atoms with E-state index in [0.717, 1.165) is 0 Å². The molecule has 1 aromatic carbocycles. The number of carbonyl (C=O) groups is 1. The molecule has 0 radical (unpaired) electrons. The number of carboxylic acid groups (broad SMARTS) is 1. The normalized spacial score (nSPS) is 11.9. The van der Waals surface area contributed by atoms with Crippen LogP contribution in [-0.2, 0) is 4.79 Å². The first-order valence-corrected chi connectivity index (χ1v) is 4.85. The van der Waals surface area contributed by atoms with Gasteiger partial charge >= 0.3 is 5.97 Å². The van der Waals surface area contributed by atoms with Crippen LogP contribution in [0.1, 0.15) is 13.3 Å². The second-order valence-corrected chi connectivity index (χ2v) is 3.19. The Morgan fingerprint density at radius 2 is 2.19 bits per heavy atom. The average Bonchev–Trinajstić information content (AvgIpc) is 2.27. The maximum atomic E-state index is 10.8. The summed E-state index contributed by atoms with van der Waals surface area (Å²) in [6.07, 6.45) is -0.535. The van der Waals surface area contributed by atoms with Gasteiger partial charge in [-0.15, -0.1) is 0 Å². The zero-order valence-electron chi connectivity index (χ0n) is 9.14. The van der Waals surface area contributed by atoms with Crippen molar-refractivity contribution in [3.63, 3.8) is 0 Å². The van der Waals surface area contributed by atoms with E-state index in [2.05, 4.69) is 0 Å². The lowest BCUT2D eigenvalue weighted by atomic mass is 10.2. The fraction of sp³-hybridized carbons (Fsp3) is 0.364. The minimum Gasteiger partial charge on any atom is -0.504 e. The third kappa shape index (κ3) is 2.79. The molecular weight excluding hydrogens is 212 g/mol. The maximum absolute atomic E-state index is 10.8. The smallest absolute Gasteiger partial charge is 0.344 e. The number of carboxylic acids is 1. The Morgan fingerprint density at radius 1 is 1.50 bits per heavy atom. The molecule has 0 spiro atoms. The molecule has 2 N–H and O–H groups in total. The summed E-state index contributed by atoms with van der Waals surface area (Å²) >= 11 is 0. The molecule has 0 aliphatic carbocycles. The van der Waals surface area contributed by atoms with Crippen molar-refractivity contribution in [2.45, 2.75) is 19.4 Å². The van der Waals surface area contributed by atoms with Crippen LogP contribution in [-0.4, -0.2) is 29.4 Å². The van der Waals surface area contributed by atoms with Crippen LogP contribution in [0.25, 0.3) is 0 Å². The molecule has 0 bridgehead atoms. The minimum atomic E-state index is -1.02. The van der Waals surface area contributed by atoms with Crippen molar-refractivity contribution in [2.24, 2.45) is 0 Å². The number of phenolic OH excluding ortho intramolecular Hbond substituents is 1. The largest absolute Gasteiger partial charge is 0.504 e. The van der Waals surface area contributed by atoms with Gasteiger partial charge in [0.05, 0.1) is 7.11 Å². The molecule has 1 rings (SSSR count). The van der Waals surface area contributed by atoms with Crippen molar-refractivity contribution >= 4 is 5.97 Å². The molecule has 0 aliphatic rings. The Hall–Kier alpha value is -1.91. The molecule has 1 unspecified atom stereocenters. The molecule has 0 saturated heterocycles. The second-order valence-electron chi connectivity index (χ2n) is 3.19. The summed E-state index contributed by atoms with van der Waals surface area (Å²) in [6.45, 7) is 1.72. The lowest BCUT2D eigenvalue weighted by molar-refractivity contribution is -0.145.